The topological polar surface area (TPSA) is 67.9 Å². The summed E-state index contributed by atoms with van der Waals surface area (Å²) in [6.07, 6.45) is 0. The number of ether oxygens (including phenoxy) is 2. The lowest BCUT2D eigenvalue weighted by atomic mass is 10.0. The highest BCUT2D eigenvalue weighted by Crippen LogP contribution is 2.35. The summed E-state index contributed by atoms with van der Waals surface area (Å²) >= 11 is 0. The summed E-state index contributed by atoms with van der Waals surface area (Å²) in [5.41, 5.74) is 3.96. The van der Waals surface area contributed by atoms with Crippen LogP contribution in [0.5, 0.6) is 11.5 Å². The monoisotopic (exact) mass is 412 g/mol. The molecule has 0 unspecified atom stereocenters. The molecule has 2 heterocycles. The highest BCUT2D eigenvalue weighted by Gasteiger charge is 2.39. The molecule has 5 rings (SSSR count). The van der Waals surface area contributed by atoms with E-state index < -0.39 is 0 Å². The zero-order chi connectivity index (χ0) is 21.4. The Labute approximate surface area is 179 Å². The average molecular weight is 412 g/mol. The Balaban J connectivity index is 1.50. The van der Waals surface area contributed by atoms with Crippen LogP contribution in [-0.4, -0.2) is 23.5 Å². The lowest BCUT2D eigenvalue weighted by Crippen LogP contribution is -2.32. The first-order valence-corrected chi connectivity index (χ1v) is 9.98. The molecule has 3 aromatic rings. The maximum absolute atomic E-state index is 13.4. The van der Waals surface area contributed by atoms with E-state index in [0.717, 1.165) is 16.8 Å². The second-order valence-corrected chi connectivity index (χ2v) is 7.49. The Hall–Kier alpha value is -4.06. The van der Waals surface area contributed by atoms with Crippen molar-refractivity contribution in [3.8, 4) is 11.5 Å². The Bertz CT molecular complexity index is 1200. The first kappa shape index (κ1) is 18.9. The molecular weight excluding hydrogens is 392 g/mol. The fourth-order valence-electron chi connectivity index (χ4n) is 3.71. The van der Waals surface area contributed by atoms with Gasteiger partial charge >= 0.3 is 0 Å². The van der Waals surface area contributed by atoms with E-state index in [-0.39, 0.29) is 30.8 Å². The molecule has 6 nitrogen and oxygen atoms in total. The summed E-state index contributed by atoms with van der Waals surface area (Å²) in [6, 6.07) is 22.4. The fraction of sp³-hybridized carbons (Fsp3) is 0.120. The number of carbonyl (C=O) groups is 2. The number of hydrogen-bond acceptors (Lipinski definition) is 5. The third-order valence-corrected chi connectivity index (χ3v) is 5.33. The van der Waals surface area contributed by atoms with E-state index in [1.54, 1.807) is 12.1 Å². The molecule has 31 heavy (non-hydrogen) atoms. The number of nitrogens with zero attached hydrogens (tertiary/aromatic N) is 1. The minimum absolute atomic E-state index is 0.142. The van der Waals surface area contributed by atoms with Gasteiger partial charge < -0.3 is 14.8 Å². The maximum atomic E-state index is 13.4. The number of benzene rings is 3. The van der Waals surface area contributed by atoms with Gasteiger partial charge in [0.25, 0.3) is 11.8 Å². The van der Waals surface area contributed by atoms with Crippen molar-refractivity contribution in [2.75, 3.05) is 12.1 Å². The van der Waals surface area contributed by atoms with E-state index in [1.165, 1.54) is 4.90 Å². The molecule has 0 atom stereocenters. The van der Waals surface area contributed by atoms with Crippen LogP contribution in [0.4, 0.5) is 5.69 Å². The second kappa shape index (κ2) is 7.65. The van der Waals surface area contributed by atoms with Gasteiger partial charge in [0, 0.05) is 5.69 Å². The van der Waals surface area contributed by atoms with Crippen molar-refractivity contribution in [1.82, 2.24) is 4.90 Å². The van der Waals surface area contributed by atoms with Gasteiger partial charge in [-0.05, 0) is 42.3 Å². The number of para-hydroxylation sites is 1. The van der Waals surface area contributed by atoms with Crippen LogP contribution in [0, 0.1) is 6.92 Å². The van der Waals surface area contributed by atoms with Crippen LogP contribution in [0.2, 0.25) is 0 Å². The van der Waals surface area contributed by atoms with Crippen LogP contribution in [0.15, 0.2) is 78.5 Å². The predicted molar refractivity (Wildman–Crippen MR) is 116 cm³/mol. The standard InChI is InChI=1S/C25H20N2O4/c1-16-7-10-18(11-8-16)22-23(26-19-5-3-2-4-6-19)25(29)27(24(22)28)14-17-9-12-20-21(13-17)31-15-30-20/h2-13,26H,14-15H2,1H3. The summed E-state index contributed by atoms with van der Waals surface area (Å²) in [7, 11) is 0. The molecule has 154 valence electrons. The number of amides is 2. The smallest absolute Gasteiger partial charge is 0.278 e. The van der Waals surface area contributed by atoms with Gasteiger partial charge in [0.15, 0.2) is 11.5 Å². The van der Waals surface area contributed by atoms with E-state index in [0.29, 0.717) is 22.6 Å². The highest BCUT2D eigenvalue weighted by atomic mass is 16.7. The molecule has 6 heteroatoms. The van der Waals surface area contributed by atoms with Gasteiger partial charge in [-0.25, -0.2) is 0 Å². The average Bonchev–Trinajstić information content (AvgIpc) is 3.34. The van der Waals surface area contributed by atoms with Gasteiger partial charge in [-0.3, -0.25) is 14.5 Å². The molecule has 0 radical (unpaired) electrons. The van der Waals surface area contributed by atoms with Gasteiger partial charge in [-0.15, -0.1) is 0 Å². The van der Waals surface area contributed by atoms with Crippen molar-refractivity contribution in [3.63, 3.8) is 0 Å². The summed E-state index contributed by atoms with van der Waals surface area (Å²) in [4.78, 5) is 28.0. The SMILES string of the molecule is Cc1ccc(C2=C(Nc3ccccc3)C(=O)N(Cc3ccc4c(c3)OCO4)C2=O)cc1. The Kier molecular flexibility index (Phi) is 4.67. The van der Waals surface area contributed by atoms with E-state index in [2.05, 4.69) is 5.32 Å². The van der Waals surface area contributed by atoms with Crippen molar-refractivity contribution >= 4 is 23.1 Å². The lowest BCUT2D eigenvalue weighted by molar-refractivity contribution is -0.137. The van der Waals surface area contributed by atoms with Crippen LogP contribution in [-0.2, 0) is 16.1 Å². The molecule has 0 fully saturated rings. The number of anilines is 1. The van der Waals surface area contributed by atoms with Gasteiger partial charge in [-0.1, -0.05) is 54.1 Å². The number of carbonyl (C=O) groups excluding carboxylic acids is 2. The number of rotatable bonds is 5. The zero-order valence-corrected chi connectivity index (χ0v) is 16.9. The van der Waals surface area contributed by atoms with E-state index in [1.807, 2.05) is 67.6 Å². The predicted octanol–water partition coefficient (Wildman–Crippen LogP) is 4.12. The molecule has 0 saturated heterocycles. The Morgan fingerprint density at radius 2 is 1.61 bits per heavy atom. The third-order valence-electron chi connectivity index (χ3n) is 5.33. The van der Waals surface area contributed by atoms with Crippen molar-refractivity contribution < 1.29 is 19.1 Å². The normalized spacial score (nSPS) is 15.1. The summed E-state index contributed by atoms with van der Waals surface area (Å²) in [5.74, 6) is 0.589. The van der Waals surface area contributed by atoms with Crippen molar-refractivity contribution in [1.29, 1.82) is 0 Å². The molecule has 0 bridgehead atoms. The van der Waals surface area contributed by atoms with Crippen LogP contribution in [0.1, 0.15) is 16.7 Å². The van der Waals surface area contributed by atoms with E-state index in [9.17, 15) is 9.59 Å². The number of hydrogen-bond donors (Lipinski definition) is 1. The van der Waals surface area contributed by atoms with Gasteiger partial charge in [0.2, 0.25) is 6.79 Å². The fourth-order valence-corrected chi connectivity index (χ4v) is 3.71. The van der Waals surface area contributed by atoms with Crippen LogP contribution < -0.4 is 14.8 Å². The van der Waals surface area contributed by atoms with Crippen LogP contribution in [0.25, 0.3) is 5.57 Å². The maximum Gasteiger partial charge on any atom is 0.278 e. The highest BCUT2D eigenvalue weighted by molar-refractivity contribution is 6.36. The molecule has 3 aromatic carbocycles. The van der Waals surface area contributed by atoms with E-state index >= 15 is 0 Å². The van der Waals surface area contributed by atoms with Gasteiger partial charge in [-0.2, -0.15) is 0 Å². The first-order valence-electron chi connectivity index (χ1n) is 9.98. The molecule has 0 spiro atoms. The minimum Gasteiger partial charge on any atom is -0.454 e. The molecule has 1 N–H and O–H groups in total. The Morgan fingerprint density at radius 1 is 0.871 bits per heavy atom. The molecule has 0 saturated carbocycles. The second-order valence-electron chi connectivity index (χ2n) is 7.49. The third kappa shape index (κ3) is 3.53. The molecule has 0 aromatic heterocycles. The van der Waals surface area contributed by atoms with Crippen LogP contribution in [0.3, 0.4) is 0 Å². The Morgan fingerprint density at radius 3 is 2.39 bits per heavy atom. The zero-order valence-electron chi connectivity index (χ0n) is 16.9. The molecule has 2 aliphatic heterocycles. The van der Waals surface area contributed by atoms with Crippen molar-refractivity contribution in [2.24, 2.45) is 0 Å². The molecular formula is C25H20N2O4. The van der Waals surface area contributed by atoms with Gasteiger partial charge in [0.1, 0.15) is 5.70 Å². The lowest BCUT2D eigenvalue weighted by Gasteiger charge is -2.16. The molecule has 2 amide bonds. The summed E-state index contributed by atoms with van der Waals surface area (Å²) in [6.45, 7) is 2.29. The summed E-state index contributed by atoms with van der Waals surface area (Å²) in [5, 5.41) is 3.16. The van der Waals surface area contributed by atoms with Crippen molar-refractivity contribution in [3.05, 3.63) is 95.2 Å². The van der Waals surface area contributed by atoms with E-state index in [4.69, 9.17) is 9.47 Å². The van der Waals surface area contributed by atoms with Crippen LogP contribution >= 0.6 is 0 Å². The van der Waals surface area contributed by atoms with Crippen molar-refractivity contribution in [2.45, 2.75) is 13.5 Å². The van der Waals surface area contributed by atoms with Gasteiger partial charge in [0.05, 0.1) is 12.1 Å². The molecule has 0 aliphatic carbocycles. The first-order chi connectivity index (χ1) is 15.1. The number of fused-ring (bicyclic) bond motifs is 1. The number of imide groups is 1. The summed E-state index contributed by atoms with van der Waals surface area (Å²) < 4.78 is 10.8. The molecule has 2 aliphatic rings. The number of nitrogens with one attached hydrogen (secondary N) is 1. The minimum atomic E-state index is -0.359. The number of aryl methyl sites for hydroxylation is 1. The largest absolute Gasteiger partial charge is 0.454 e. The quantitative estimate of drug-likeness (QED) is 0.639.